The van der Waals surface area contributed by atoms with Crippen molar-refractivity contribution in [3.63, 3.8) is 0 Å². The fourth-order valence-electron chi connectivity index (χ4n) is 4.14. The normalized spacial score (nSPS) is 14.4. The summed E-state index contributed by atoms with van der Waals surface area (Å²) >= 11 is 0. The Hall–Kier alpha value is -3.89. The van der Waals surface area contributed by atoms with Gasteiger partial charge >= 0.3 is 18.2 Å². The zero-order chi connectivity index (χ0) is 25.7. The molecule has 3 aromatic rings. The van der Waals surface area contributed by atoms with Crippen LogP contribution < -0.4 is 10.2 Å². The Balaban J connectivity index is 1.60. The number of anilines is 1. The van der Waals surface area contributed by atoms with Crippen molar-refractivity contribution in [2.45, 2.75) is 19.5 Å². The van der Waals surface area contributed by atoms with Crippen LogP contribution in [0.4, 0.5) is 23.8 Å². The highest BCUT2D eigenvalue weighted by Crippen LogP contribution is 2.36. The van der Waals surface area contributed by atoms with Gasteiger partial charge in [0.15, 0.2) is 0 Å². The summed E-state index contributed by atoms with van der Waals surface area (Å²) in [6.45, 7) is 3.49. The Kier molecular flexibility index (Phi) is 7.56. The minimum absolute atomic E-state index is 0.215. The Morgan fingerprint density at radius 1 is 1.06 bits per heavy atom. The number of rotatable bonds is 5. The molecule has 11 heteroatoms. The lowest BCUT2D eigenvalue weighted by atomic mass is 10.0. The van der Waals surface area contributed by atoms with Gasteiger partial charge in [0.2, 0.25) is 0 Å². The molecule has 1 aliphatic rings. The molecule has 1 aliphatic heterocycles. The number of amides is 2. The van der Waals surface area contributed by atoms with E-state index in [1.807, 2.05) is 11.0 Å². The highest BCUT2D eigenvalue weighted by Gasteiger charge is 2.33. The van der Waals surface area contributed by atoms with Crippen LogP contribution >= 0.6 is 0 Å². The molecule has 36 heavy (non-hydrogen) atoms. The van der Waals surface area contributed by atoms with Gasteiger partial charge in [-0.05, 0) is 31.0 Å². The zero-order valence-electron chi connectivity index (χ0n) is 19.7. The van der Waals surface area contributed by atoms with Gasteiger partial charge in [0, 0.05) is 43.3 Å². The number of fused-ring (bicyclic) bond motifs is 1. The number of urea groups is 1. The monoisotopic (exact) mass is 501 g/mol. The van der Waals surface area contributed by atoms with E-state index in [-0.39, 0.29) is 24.7 Å². The van der Waals surface area contributed by atoms with Gasteiger partial charge in [0.25, 0.3) is 0 Å². The molecule has 1 aromatic carbocycles. The standard InChI is InChI=1S/C25H26F3N5O3/c1-2-36-21(34)16-30-24(35)33-12-6-11-32(13-14-33)23-18-9-10-20(25(26,27)28)31-22(18)19(15-29-23)17-7-4-3-5-8-17/h3-5,7-10,15H,2,6,11-14,16H2,1H3,(H,30,35). The second kappa shape index (κ2) is 10.8. The zero-order valence-corrected chi connectivity index (χ0v) is 19.7. The van der Waals surface area contributed by atoms with Gasteiger partial charge in [0.1, 0.15) is 18.1 Å². The number of carbonyl (C=O) groups excluding carboxylic acids is 2. The van der Waals surface area contributed by atoms with Crippen LogP contribution in [0.25, 0.3) is 22.0 Å². The van der Waals surface area contributed by atoms with Crippen molar-refractivity contribution in [1.82, 2.24) is 20.2 Å². The lowest BCUT2D eigenvalue weighted by Crippen LogP contribution is -2.44. The highest BCUT2D eigenvalue weighted by molar-refractivity contribution is 5.99. The highest BCUT2D eigenvalue weighted by atomic mass is 19.4. The summed E-state index contributed by atoms with van der Waals surface area (Å²) in [6, 6.07) is 11.0. The third-order valence-electron chi connectivity index (χ3n) is 5.85. The fraction of sp³-hybridized carbons (Fsp3) is 0.360. The number of benzene rings is 1. The summed E-state index contributed by atoms with van der Waals surface area (Å²) in [5, 5.41) is 3.06. The first-order chi connectivity index (χ1) is 17.3. The second-order valence-corrected chi connectivity index (χ2v) is 8.24. The number of carbonyl (C=O) groups is 2. The molecule has 0 radical (unpaired) electrons. The van der Waals surface area contributed by atoms with Crippen LogP contribution in [0.1, 0.15) is 19.0 Å². The van der Waals surface area contributed by atoms with Crippen LogP contribution in [0.2, 0.25) is 0 Å². The van der Waals surface area contributed by atoms with Gasteiger partial charge in [0.05, 0.1) is 12.1 Å². The number of ether oxygens (including phenoxy) is 1. The van der Waals surface area contributed by atoms with Crippen LogP contribution in [-0.2, 0) is 15.7 Å². The number of aromatic nitrogens is 2. The molecule has 0 unspecified atom stereocenters. The summed E-state index contributed by atoms with van der Waals surface area (Å²) in [5.74, 6) is 0.00175. The van der Waals surface area contributed by atoms with Crippen molar-refractivity contribution in [2.24, 2.45) is 0 Å². The molecule has 0 bridgehead atoms. The van der Waals surface area contributed by atoms with E-state index in [0.29, 0.717) is 54.9 Å². The fourth-order valence-corrected chi connectivity index (χ4v) is 4.14. The second-order valence-electron chi connectivity index (χ2n) is 8.24. The number of pyridine rings is 2. The van der Waals surface area contributed by atoms with E-state index in [9.17, 15) is 22.8 Å². The molecule has 190 valence electrons. The van der Waals surface area contributed by atoms with E-state index in [1.165, 1.54) is 6.07 Å². The lowest BCUT2D eigenvalue weighted by Gasteiger charge is -2.24. The number of esters is 1. The third kappa shape index (κ3) is 5.67. The smallest absolute Gasteiger partial charge is 0.433 e. The Morgan fingerprint density at radius 3 is 2.56 bits per heavy atom. The van der Waals surface area contributed by atoms with Crippen LogP contribution in [0, 0.1) is 0 Å². The quantitative estimate of drug-likeness (QED) is 0.530. The van der Waals surface area contributed by atoms with Gasteiger partial charge in [-0.2, -0.15) is 13.2 Å². The molecule has 0 atom stereocenters. The molecule has 8 nitrogen and oxygen atoms in total. The summed E-state index contributed by atoms with van der Waals surface area (Å²) in [6.07, 6.45) is -2.41. The predicted octanol–water partition coefficient (Wildman–Crippen LogP) is 4.10. The first-order valence-electron chi connectivity index (χ1n) is 11.6. The number of nitrogens with one attached hydrogen (secondary N) is 1. The van der Waals surface area contributed by atoms with E-state index in [1.54, 1.807) is 42.3 Å². The maximum absolute atomic E-state index is 13.5. The minimum Gasteiger partial charge on any atom is -0.465 e. The van der Waals surface area contributed by atoms with Gasteiger partial charge in [-0.1, -0.05) is 30.3 Å². The van der Waals surface area contributed by atoms with Crippen LogP contribution in [0.3, 0.4) is 0 Å². The van der Waals surface area contributed by atoms with E-state index < -0.39 is 17.8 Å². The summed E-state index contributed by atoms with van der Waals surface area (Å²) < 4.78 is 45.2. The molecule has 0 aliphatic carbocycles. The molecule has 1 saturated heterocycles. The van der Waals surface area contributed by atoms with Gasteiger partial charge in [-0.3, -0.25) is 4.79 Å². The van der Waals surface area contributed by atoms with Crippen molar-refractivity contribution in [3.8, 4) is 11.1 Å². The SMILES string of the molecule is CCOC(=O)CNC(=O)N1CCCN(c2ncc(-c3ccccc3)c3nc(C(F)(F)F)ccc23)CC1. The number of hydrogen-bond donors (Lipinski definition) is 1. The lowest BCUT2D eigenvalue weighted by molar-refractivity contribution is -0.142. The van der Waals surface area contributed by atoms with Crippen molar-refractivity contribution in [1.29, 1.82) is 0 Å². The molecule has 1 N–H and O–H groups in total. The van der Waals surface area contributed by atoms with Crippen LogP contribution in [0.15, 0.2) is 48.7 Å². The molecule has 2 aromatic heterocycles. The average molecular weight is 502 g/mol. The predicted molar refractivity (Wildman–Crippen MR) is 128 cm³/mol. The average Bonchev–Trinajstić information content (AvgIpc) is 3.13. The number of nitrogens with zero attached hydrogens (tertiary/aromatic N) is 4. The molecule has 2 amide bonds. The number of alkyl halides is 3. The van der Waals surface area contributed by atoms with Gasteiger partial charge < -0.3 is 19.9 Å². The maximum Gasteiger partial charge on any atom is 0.433 e. The molecule has 1 fully saturated rings. The number of halogens is 3. The van der Waals surface area contributed by atoms with Crippen LogP contribution in [-0.4, -0.2) is 66.2 Å². The molecule has 3 heterocycles. The third-order valence-corrected chi connectivity index (χ3v) is 5.85. The Morgan fingerprint density at radius 2 is 1.83 bits per heavy atom. The molecule has 0 saturated carbocycles. The van der Waals surface area contributed by atoms with E-state index in [2.05, 4.69) is 15.3 Å². The van der Waals surface area contributed by atoms with Crippen LogP contribution in [0.5, 0.6) is 0 Å². The molecule has 4 rings (SSSR count). The molecular formula is C25H26F3N5O3. The van der Waals surface area contributed by atoms with Crippen molar-refractivity contribution >= 4 is 28.7 Å². The van der Waals surface area contributed by atoms with Crippen molar-refractivity contribution in [3.05, 3.63) is 54.4 Å². The largest absolute Gasteiger partial charge is 0.465 e. The molecule has 0 spiro atoms. The van der Waals surface area contributed by atoms with Crippen molar-refractivity contribution in [2.75, 3.05) is 44.2 Å². The van der Waals surface area contributed by atoms with E-state index in [0.717, 1.165) is 6.07 Å². The summed E-state index contributed by atoms with van der Waals surface area (Å²) in [4.78, 5) is 36.2. The Labute approximate surface area is 206 Å². The van der Waals surface area contributed by atoms with Crippen molar-refractivity contribution < 1.29 is 27.5 Å². The van der Waals surface area contributed by atoms with Gasteiger partial charge in [-0.25, -0.2) is 14.8 Å². The number of hydrogen-bond acceptors (Lipinski definition) is 6. The first-order valence-corrected chi connectivity index (χ1v) is 11.6. The van der Waals surface area contributed by atoms with E-state index in [4.69, 9.17) is 4.74 Å². The Bertz CT molecular complexity index is 1240. The van der Waals surface area contributed by atoms with E-state index >= 15 is 0 Å². The van der Waals surface area contributed by atoms with Gasteiger partial charge in [-0.15, -0.1) is 0 Å². The summed E-state index contributed by atoms with van der Waals surface area (Å²) in [7, 11) is 0. The topological polar surface area (TPSA) is 87.7 Å². The summed E-state index contributed by atoms with van der Waals surface area (Å²) in [5.41, 5.74) is 0.475. The first kappa shape index (κ1) is 25.2. The molecular weight excluding hydrogens is 475 g/mol. The minimum atomic E-state index is -4.58. The maximum atomic E-state index is 13.5.